The highest BCUT2D eigenvalue weighted by molar-refractivity contribution is 6.05. The van der Waals surface area contributed by atoms with Crippen molar-refractivity contribution >= 4 is 17.3 Å². The highest BCUT2D eigenvalue weighted by Crippen LogP contribution is 2.23. The lowest BCUT2D eigenvalue weighted by atomic mass is 10.2. The van der Waals surface area contributed by atoms with Gasteiger partial charge < -0.3 is 20.3 Å². The number of benzene rings is 1. The van der Waals surface area contributed by atoms with Gasteiger partial charge in [0, 0.05) is 31.0 Å². The lowest BCUT2D eigenvalue weighted by Gasteiger charge is -2.21. The fourth-order valence-corrected chi connectivity index (χ4v) is 2.22. The van der Waals surface area contributed by atoms with Crippen molar-refractivity contribution in [3.8, 4) is 5.75 Å². The van der Waals surface area contributed by atoms with Crippen molar-refractivity contribution in [2.75, 3.05) is 17.2 Å². The summed E-state index contributed by atoms with van der Waals surface area (Å²) in [6.07, 6.45) is 1.75. The van der Waals surface area contributed by atoms with E-state index in [1.54, 1.807) is 41.4 Å². The quantitative estimate of drug-likeness (QED) is 0.898. The Kier molecular flexibility index (Phi) is 3.98. The first-order chi connectivity index (χ1) is 9.56. The molecular formula is C15H19N3O2. The number of aromatic nitrogens is 1. The number of carbonyl (C=O) groups is 1. The average molecular weight is 273 g/mol. The fourth-order valence-electron chi connectivity index (χ4n) is 2.22. The summed E-state index contributed by atoms with van der Waals surface area (Å²) in [4.78, 5) is 14.3. The van der Waals surface area contributed by atoms with Crippen LogP contribution in [0.3, 0.4) is 0 Å². The molecule has 0 atom stereocenters. The number of amides is 1. The Morgan fingerprint density at radius 2 is 2.10 bits per heavy atom. The Balaban J connectivity index is 2.38. The zero-order valence-corrected chi connectivity index (χ0v) is 11.7. The number of anilines is 2. The summed E-state index contributed by atoms with van der Waals surface area (Å²) < 4.78 is 1.82. The van der Waals surface area contributed by atoms with E-state index in [2.05, 4.69) is 0 Å². The maximum Gasteiger partial charge on any atom is 0.274 e. The smallest absolute Gasteiger partial charge is 0.274 e. The molecule has 0 fully saturated rings. The second-order valence-corrected chi connectivity index (χ2v) is 4.51. The molecule has 0 aliphatic heterocycles. The number of nitrogens with two attached hydrogens (primary N) is 1. The molecule has 0 saturated carbocycles. The zero-order valence-electron chi connectivity index (χ0n) is 11.7. The summed E-state index contributed by atoms with van der Waals surface area (Å²) in [5.41, 5.74) is 7.55. The standard InChI is InChI=1S/C15H19N3O2/c1-3-17-10-11(16)8-14(17)15(20)18(4-2)12-6-5-7-13(19)9-12/h5-10,19H,3-4,16H2,1-2H3. The van der Waals surface area contributed by atoms with E-state index in [9.17, 15) is 9.90 Å². The molecule has 0 unspecified atom stereocenters. The molecule has 0 aliphatic rings. The fraction of sp³-hybridized carbons (Fsp3) is 0.267. The highest BCUT2D eigenvalue weighted by Gasteiger charge is 2.20. The second kappa shape index (κ2) is 5.69. The Bertz CT molecular complexity index is 619. The maximum absolute atomic E-state index is 12.6. The molecular weight excluding hydrogens is 254 g/mol. The molecule has 106 valence electrons. The minimum Gasteiger partial charge on any atom is -0.508 e. The average Bonchev–Trinajstić information content (AvgIpc) is 2.81. The van der Waals surface area contributed by atoms with Crippen LogP contribution in [0.1, 0.15) is 24.3 Å². The lowest BCUT2D eigenvalue weighted by Crippen LogP contribution is -2.32. The van der Waals surface area contributed by atoms with Crippen molar-refractivity contribution in [3.63, 3.8) is 0 Å². The number of hydrogen-bond donors (Lipinski definition) is 2. The van der Waals surface area contributed by atoms with Gasteiger partial charge in [0.25, 0.3) is 5.91 Å². The number of aryl methyl sites for hydroxylation is 1. The molecule has 0 bridgehead atoms. The molecule has 1 aromatic heterocycles. The Morgan fingerprint density at radius 1 is 1.35 bits per heavy atom. The number of nitrogens with zero attached hydrogens (tertiary/aromatic N) is 2. The first kappa shape index (κ1) is 14.0. The largest absolute Gasteiger partial charge is 0.508 e. The summed E-state index contributed by atoms with van der Waals surface area (Å²) in [5, 5.41) is 9.55. The van der Waals surface area contributed by atoms with E-state index in [1.807, 2.05) is 18.4 Å². The van der Waals surface area contributed by atoms with Gasteiger partial charge in [0.2, 0.25) is 0 Å². The van der Waals surface area contributed by atoms with Crippen LogP contribution in [0.4, 0.5) is 11.4 Å². The van der Waals surface area contributed by atoms with Gasteiger partial charge >= 0.3 is 0 Å². The molecule has 5 nitrogen and oxygen atoms in total. The highest BCUT2D eigenvalue weighted by atomic mass is 16.3. The van der Waals surface area contributed by atoms with Crippen molar-refractivity contribution in [1.29, 1.82) is 0 Å². The normalized spacial score (nSPS) is 10.5. The van der Waals surface area contributed by atoms with Crippen LogP contribution >= 0.6 is 0 Å². The van der Waals surface area contributed by atoms with Crippen LogP contribution in [0.15, 0.2) is 36.5 Å². The number of nitrogen functional groups attached to an aromatic ring is 1. The van der Waals surface area contributed by atoms with Gasteiger partial charge in [0.1, 0.15) is 11.4 Å². The van der Waals surface area contributed by atoms with E-state index in [-0.39, 0.29) is 11.7 Å². The number of carbonyl (C=O) groups excluding carboxylic acids is 1. The van der Waals surface area contributed by atoms with Crippen LogP contribution in [0.5, 0.6) is 5.75 Å². The number of phenolic OH excluding ortho intramolecular Hbond substituents is 1. The predicted octanol–water partition coefficient (Wildman–Crippen LogP) is 2.46. The van der Waals surface area contributed by atoms with Gasteiger partial charge in [-0.2, -0.15) is 0 Å². The van der Waals surface area contributed by atoms with Crippen molar-refractivity contribution in [2.24, 2.45) is 0 Å². The molecule has 20 heavy (non-hydrogen) atoms. The van der Waals surface area contributed by atoms with Crippen LogP contribution in [-0.4, -0.2) is 22.1 Å². The summed E-state index contributed by atoms with van der Waals surface area (Å²) in [6.45, 7) is 5.04. The molecule has 1 aromatic carbocycles. The number of aromatic hydroxyl groups is 1. The van der Waals surface area contributed by atoms with Crippen molar-refractivity contribution in [1.82, 2.24) is 4.57 Å². The van der Waals surface area contributed by atoms with Gasteiger partial charge in [-0.3, -0.25) is 4.79 Å². The van der Waals surface area contributed by atoms with Crippen LogP contribution in [0.2, 0.25) is 0 Å². The summed E-state index contributed by atoms with van der Waals surface area (Å²) >= 11 is 0. The number of rotatable bonds is 4. The molecule has 1 amide bonds. The molecule has 0 aliphatic carbocycles. The molecule has 2 aromatic rings. The van der Waals surface area contributed by atoms with Crippen molar-refractivity contribution in [3.05, 3.63) is 42.2 Å². The van der Waals surface area contributed by atoms with Crippen molar-refractivity contribution in [2.45, 2.75) is 20.4 Å². The van der Waals surface area contributed by atoms with E-state index in [0.717, 1.165) is 0 Å². The third-order valence-corrected chi connectivity index (χ3v) is 3.18. The Hall–Kier alpha value is -2.43. The van der Waals surface area contributed by atoms with Gasteiger partial charge in [0.15, 0.2) is 0 Å². The van der Waals surface area contributed by atoms with Crippen LogP contribution < -0.4 is 10.6 Å². The molecule has 2 rings (SSSR count). The van der Waals surface area contributed by atoms with E-state index >= 15 is 0 Å². The molecule has 0 radical (unpaired) electrons. The predicted molar refractivity (Wildman–Crippen MR) is 80.0 cm³/mol. The Morgan fingerprint density at radius 3 is 2.70 bits per heavy atom. The van der Waals surface area contributed by atoms with Gasteiger partial charge in [-0.15, -0.1) is 0 Å². The van der Waals surface area contributed by atoms with Crippen molar-refractivity contribution < 1.29 is 9.90 Å². The van der Waals surface area contributed by atoms with Crippen LogP contribution in [-0.2, 0) is 6.54 Å². The minimum atomic E-state index is -0.128. The molecule has 1 heterocycles. The first-order valence-corrected chi connectivity index (χ1v) is 6.63. The van der Waals surface area contributed by atoms with E-state index in [1.165, 1.54) is 0 Å². The van der Waals surface area contributed by atoms with E-state index in [4.69, 9.17) is 5.73 Å². The third kappa shape index (κ3) is 2.61. The summed E-state index contributed by atoms with van der Waals surface area (Å²) in [6, 6.07) is 8.34. The number of phenols is 1. The van der Waals surface area contributed by atoms with Gasteiger partial charge in [0.05, 0.1) is 5.69 Å². The first-order valence-electron chi connectivity index (χ1n) is 6.63. The van der Waals surface area contributed by atoms with Gasteiger partial charge in [-0.05, 0) is 32.0 Å². The topological polar surface area (TPSA) is 71.5 Å². The van der Waals surface area contributed by atoms with Crippen LogP contribution in [0.25, 0.3) is 0 Å². The third-order valence-electron chi connectivity index (χ3n) is 3.18. The lowest BCUT2D eigenvalue weighted by molar-refractivity contribution is 0.0979. The molecule has 5 heteroatoms. The number of hydrogen-bond acceptors (Lipinski definition) is 3. The van der Waals surface area contributed by atoms with Gasteiger partial charge in [-0.25, -0.2) is 0 Å². The summed E-state index contributed by atoms with van der Waals surface area (Å²) in [5.74, 6) is 0.00999. The molecule has 0 saturated heterocycles. The molecule has 0 spiro atoms. The second-order valence-electron chi connectivity index (χ2n) is 4.51. The monoisotopic (exact) mass is 273 g/mol. The van der Waals surface area contributed by atoms with E-state index < -0.39 is 0 Å². The SMILES string of the molecule is CCN(C(=O)c1cc(N)cn1CC)c1cccc(O)c1. The maximum atomic E-state index is 12.6. The van der Waals surface area contributed by atoms with Gasteiger partial charge in [-0.1, -0.05) is 6.07 Å². The Labute approximate surface area is 118 Å². The zero-order chi connectivity index (χ0) is 14.7. The minimum absolute atomic E-state index is 0.128. The van der Waals surface area contributed by atoms with Crippen LogP contribution in [0, 0.1) is 0 Å². The van der Waals surface area contributed by atoms with E-state index in [0.29, 0.717) is 30.2 Å². The summed E-state index contributed by atoms with van der Waals surface area (Å²) in [7, 11) is 0. The molecule has 3 N–H and O–H groups in total.